The first-order chi connectivity index (χ1) is 12.3. The van der Waals surface area contributed by atoms with Crippen LogP contribution in [0.25, 0.3) is 0 Å². The first-order valence-electron chi connectivity index (χ1n) is 9.46. The molecule has 2 N–H and O–H groups in total. The summed E-state index contributed by atoms with van der Waals surface area (Å²) in [7, 11) is 0. The molecule has 2 unspecified atom stereocenters. The molecule has 2 saturated heterocycles. The van der Waals surface area contributed by atoms with Gasteiger partial charge in [-0.3, -0.25) is 0 Å². The molecule has 6 heteroatoms. The molecule has 26 heavy (non-hydrogen) atoms. The predicted molar refractivity (Wildman–Crippen MR) is 101 cm³/mol. The van der Waals surface area contributed by atoms with Crippen molar-refractivity contribution in [2.24, 2.45) is 0 Å². The van der Waals surface area contributed by atoms with Crippen molar-refractivity contribution in [3.8, 4) is 0 Å². The zero-order valence-corrected chi connectivity index (χ0v) is 15.8. The largest absolute Gasteiger partial charge is 0.444 e. The number of anilines is 1. The van der Waals surface area contributed by atoms with Gasteiger partial charge in [-0.25, -0.2) is 9.59 Å². The second-order valence-electron chi connectivity index (χ2n) is 8.26. The molecule has 0 saturated carbocycles. The number of para-hydroxylation sites is 1. The maximum atomic E-state index is 12.8. The van der Waals surface area contributed by atoms with E-state index >= 15 is 0 Å². The van der Waals surface area contributed by atoms with E-state index in [-0.39, 0.29) is 30.2 Å². The van der Waals surface area contributed by atoms with Crippen LogP contribution in [-0.2, 0) is 4.74 Å². The first kappa shape index (κ1) is 18.5. The van der Waals surface area contributed by atoms with E-state index in [1.165, 1.54) is 0 Å². The number of carbonyl (C=O) groups excluding carboxylic acids is 2. The average Bonchev–Trinajstić information content (AvgIpc) is 2.53. The minimum atomic E-state index is -0.504. The van der Waals surface area contributed by atoms with Gasteiger partial charge in [-0.2, -0.15) is 0 Å². The molecular formula is C20H29N3O3. The molecule has 1 aromatic rings. The van der Waals surface area contributed by atoms with Crippen LogP contribution in [0.5, 0.6) is 0 Å². The van der Waals surface area contributed by atoms with Crippen molar-refractivity contribution < 1.29 is 14.3 Å². The molecular weight excluding hydrogens is 330 g/mol. The normalized spacial score (nSPS) is 25.3. The smallest absolute Gasteiger partial charge is 0.407 e. The Morgan fingerprint density at radius 2 is 1.69 bits per heavy atom. The molecule has 0 aliphatic carbocycles. The Labute approximate surface area is 155 Å². The number of hydrogen-bond donors (Lipinski definition) is 2. The number of carbonyl (C=O) groups is 2. The third kappa shape index (κ3) is 4.68. The highest BCUT2D eigenvalue weighted by molar-refractivity contribution is 5.90. The van der Waals surface area contributed by atoms with Crippen LogP contribution in [0.4, 0.5) is 15.3 Å². The third-order valence-corrected chi connectivity index (χ3v) is 4.96. The van der Waals surface area contributed by atoms with Crippen molar-refractivity contribution in [2.75, 3.05) is 5.32 Å². The van der Waals surface area contributed by atoms with Crippen molar-refractivity contribution in [3.05, 3.63) is 30.3 Å². The van der Waals surface area contributed by atoms with Crippen LogP contribution in [0.1, 0.15) is 52.9 Å². The SMILES string of the molecule is CC(C)(C)OC(=O)NC1CC2CCCC(C1)N2C(=O)Nc1ccccc1. The van der Waals surface area contributed by atoms with E-state index in [0.717, 1.165) is 37.8 Å². The van der Waals surface area contributed by atoms with Crippen LogP contribution in [0.2, 0.25) is 0 Å². The lowest BCUT2D eigenvalue weighted by atomic mass is 9.82. The molecule has 2 aliphatic heterocycles. The van der Waals surface area contributed by atoms with Gasteiger partial charge in [-0.1, -0.05) is 18.2 Å². The van der Waals surface area contributed by atoms with Crippen LogP contribution in [0, 0.1) is 0 Å². The Bertz CT molecular complexity index is 627. The number of rotatable bonds is 2. The summed E-state index contributed by atoms with van der Waals surface area (Å²) in [5.74, 6) is 0. The monoisotopic (exact) mass is 359 g/mol. The number of nitrogens with one attached hydrogen (secondary N) is 2. The summed E-state index contributed by atoms with van der Waals surface area (Å²) in [5.41, 5.74) is 0.306. The number of piperidine rings is 2. The molecule has 2 atom stereocenters. The molecule has 0 radical (unpaired) electrons. The van der Waals surface area contributed by atoms with Gasteiger partial charge in [0.15, 0.2) is 0 Å². The van der Waals surface area contributed by atoms with Gasteiger partial charge >= 0.3 is 12.1 Å². The number of benzene rings is 1. The van der Waals surface area contributed by atoms with E-state index in [1.807, 2.05) is 56.0 Å². The standard InChI is InChI=1S/C20H29N3O3/c1-20(2,3)26-19(25)22-15-12-16-10-7-11-17(13-15)23(16)18(24)21-14-8-5-4-6-9-14/h4-6,8-9,15-17H,7,10-13H2,1-3H3,(H,21,24)(H,22,25). The molecule has 6 nitrogen and oxygen atoms in total. The zero-order chi connectivity index (χ0) is 18.7. The van der Waals surface area contributed by atoms with Gasteiger partial charge < -0.3 is 20.3 Å². The minimum Gasteiger partial charge on any atom is -0.444 e. The van der Waals surface area contributed by atoms with Gasteiger partial charge in [0.25, 0.3) is 0 Å². The summed E-state index contributed by atoms with van der Waals surface area (Å²) in [6.45, 7) is 5.58. The fraction of sp³-hybridized carbons (Fsp3) is 0.600. The third-order valence-electron chi connectivity index (χ3n) is 4.96. The summed E-state index contributed by atoms with van der Waals surface area (Å²) >= 11 is 0. The molecule has 2 bridgehead atoms. The quantitative estimate of drug-likeness (QED) is 0.834. The lowest BCUT2D eigenvalue weighted by Gasteiger charge is -2.48. The number of hydrogen-bond acceptors (Lipinski definition) is 3. The minimum absolute atomic E-state index is 0.0402. The first-order valence-corrected chi connectivity index (χ1v) is 9.46. The van der Waals surface area contributed by atoms with Gasteiger partial charge in [-0.15, -0.1) is 0 Å². The predicted octanol–water partition coefficient (Wildman–Crippen LogP) is 4.13. The summed E-state index contributed by atoms with van der Waals surface area (Å²) < 4.78 is 5.37. The Balaban J connectivity index is 1.61. The Morgan fingerprint density at radius 3 is 2.27 bits per heavy atom. The van der Waals surface area contributed by atoms with Crippen molar-refractivity contribution in [2.45, 2.75) is 76.6 Å². The summed E-state index contributed by atoms with van der Waals surface area (Å²) in [6, 6.07) is 9.87. The van der Waals surface area contributed by atoms with E-state index in [1.54, 1.807) is 0 Å². The number of nitrogens with zero attached hydrogens (tertiary/aromatic N) is 1. The molecule has 3 rings (SSSR count). The van der Waals surface area contributed by atoms with Gasteiger partial charge in [0, 0.05) is 23.8 Å². The second kappa shape index (κ2) is 7.56. The highest BCUT2D eigenvalue weighted by atomic mass is 16.6. The zero-order valence-electron chi connectivity index (χ0n) is 15.8. The van der Waals surface area contributed by atoms with Crippen LogP contribution in [0.15, 0.2) is 30.3 Å². The molecule has 1 aromatic carbocycles. The van der Waals surface area contributed by atoms with Crippen LogP contribution in [0.3, 0.4) is 0 Å². The van der Waals surface area contributed by atoms with Gasteiger partial charge in [0.05, 0.1) is 0 Å². The summed E-state index contributed by atoms with van der Waals surface area (Å²) in [6.07, 6.45) is 4.26. The topological polar surface area (TPSA) is 70.7 Å². The lowest BCUT2D eigenvalue weighted by Crippen LogP contribution is -2.60. The van der Waals surface area contributed by atoms with E-state index in [2.05, 4.69) is 10.6 Å². The fourth-order valence-electron chi connectivity index (χ4n) is 4.01. The second-order valence-corrected chi connectivity index (χ2v) is 8.26. The number of amides is 3. The molecule has 0 spiro atoms. The maximum Gasteiger partial charge on any atom is 0.407 e. The Hall–Kier alpha value is -2.24. The van der Waals surface area contributed by atoms with Crippen LogP contribution >= 0.6 is 0 Å². The van der Waals surface area contributed by atoms with Crippen molar-refractivity contribution in [1.82, 2.24) is 10.2 Å². The number of alkyl carbamates (subject to hydrolysis) is 1. The van der Waals surface area contributed by atoms with Crippen molar-refractivity contribution >= 4 is 17.8 Å². The van der Waals surface area contributed by atoms with Crippen LogP contribution in [-0.4, -0.2) is 40.8 Å². The Kier molecular flexibility index (Phi) is 5.39. The average molecular weight is 359 g/mol. The Morgan fingerprint density at radius 1 is 1.08 bits per heavy atom. The van der Waals surface area contributed by atoms with Crippen LogP contribution < -0.4 is 10.6 Å². The van der Waals surface area contributed by atoms with Crippen molar-refractivity contribution in [3.63, 3.8) is 0 Å². The lowest BCUT2D eigenvalue weighted by molar-refractivity contribution is 0.0357. The van der Waals surface area contributed by atoms with Gasteiger partial charge in [0.2, 0.25) is 0 Å². The van der Waals surface area contributed by atoms with Gasteiger partial charge in [-0.05, 0) is 65.0 Å². The molecule has 3 amide bonds. The summed E-state index contributed by atoms with van der Waals surface area (Å²) in [5, 5.41) is 6.00. The summed E-state index contributed by atoms with van der Waals surface area (Å²) in [4.78, 5) is 26.9. The maximum absolute atomic E-state index is 12.8. The number of urea groups is 1. The van der Waals surface area contributed by atoms with E-state index < -0.39 is 5.60 Å². The van der Waals surface area contributed by atoms with E-state index in [4.69, 9.17) is 4.74 Å². The van der Waals surface area contributed by atoms with Gasteiger partial charge in [0.1, 0.15) is 5.60 Å². The fourth-order valence-corrected chi connectivity index (χ4v) is 4.01. The highest BCUT2D eigenvalue weighted by Crippen LogP contribution is 2.34. The molecule has 142 valence electrons. The molecule has 2 aliphatic rings. The van der Waals surface area contributed by atoms with E-state index in [9.17, 15) is 9.59 Å². The molecule has 2 fully saturated rings. The van der Waals surface area contributed by atoms with E-state index in [0.29, 0.717) is 0 Å². The molecule has 0 aromatic heterocycles. The highest BCUT2D eigenvalue weighted by Gasteiger charge is 2.41. The number of ether oxygens (including phenoxy) is 1. The number of fused-ring (bicyclic) bond motifs is 2. The molecule has 2 heterocycles. The van der Waals surface area contributed by atoms with Crippen molar-refractivity contribution in [1.29, 1.82) is 0 Å².